The number of aryl methyl sites for hydroxylation is 4. The minimum absolute atomic E-state index is 0.275. The molecule has 0 saturated heterocycles. The minimum atomic E-state index is -0.581. The number of hydrogen-bond donors (Lipinski definition) is 1. The fourth-order valence-electron chi connectivity index (χ4n) is 3.46. The number of carbonyl (C=O) groups is 1. The van der Waals surface area contributed by atoms with Crippen LogP contribution in [0.4, 0.5) is 0 Å². The van der Waals surface area contributed by atoms with Crippen molar-refractivity contribution < 1.29 is 4.79 Å². The molecule has 3 aromatic heterocycles. The Balaban J connectivity index is 1.92. The Morgan fingerprint density at radius 1 is 1.22 bits per heavy atom. The fourth-order valence-corrected chi connectivity index (χ4v) is 3.46. The molecule has 0 aliphatic carbocycles. The summed E-state index contributed by atoms with van der Waals surface area (Å²) in [6.45, 7) is 5.28. The second-order valence-electron chi connectivity index (χ2n) is 6.76. The van der Waals surface area contributed by atoms with Gasteiger partial charge < -0.3 is 9.88 Å². The van der Waals surface area contributed by atoms with E-state index in [9.17, 15) is 14.4 Å². The third kappa shape index (κ3) is 2.96. The molecule has 0 spiro atoms. The van der Waals surface area contributed by atoms with Gasteiger partial charge in [-0.3, -0.25) is 18.8 Å². The van der Waals surface area contributed by atoms with Crippen LogP contribution in [0.3, 0.4) is 0 Å². The number of hydrogen-bond acceptors (Lipinski definition) is 5. The molecule has 0 fully saturated rings. The fraction of sp³-hybridized carbons (Fsp3) is 0.471. The quantitative estimate of drug-likeness (QED) is 0.673. The van der Waals surface area contributed by atoms with Gasteiger partial charge in [-0.15, -0.1) is 0 Å². The standard InChI is InChI=1S/C17H23N7O3/c1-9(13-10(2)20-23(6)11(13)3)19-12(25)7-24-16(26)14-15(18-8-21(14)4)22(5)17(24)27/h8-9H,7H2,1-6H3,(H,19,25). The van der Waals surface area contributed by atoms with E-state index >= 15 is 0 Å². The van der Waals surface area contributed by atoms with Gasteiger partial charge >= 0.3 is 5.69 Å². The number of fused-ring (bicyclic) bond motifs is 1. The zero-order valence-electron chi connectivity index (χ0n) is 16.3. The number of imidazole rings is 1. The maximum atomic E-state index is 12.7. The van der Waals surface area contributed by atoms with Crippen molar-refractivity contribution in [3.8, 4) is 0 Å². The van der Waals surface area contributed by atoms with Gasteiger partial charge in [0.25, 0.3) is 5.56 Å². The first-order valence-electron chi connectivity index (χ1n) is 8.53. The Labute approximate surface area is 155 Å². The third-order valence-corrected chi connectivity index (χ3v) is 4.88. The van der Waals surface area contributed by atoms with Crippen LogP contribution in [-0.2, 0) is 32.5 Å². The summed E-state index contributed by atoms with van der Waals surface area (Å²) >= 11 is 0. The lowest BCUT2D eigenvalue weighted by Crippen LogP contribution is -2.44. The van der Waals surface area contributed by atoms with Crippen LogP contribution in [0.25, 0.3) is 11.2 Å². The number of rotatable bonds is 4. The molecule has 144 valence electrons. The summed E-state index contributed by atoms with van der Waals surface area (Å²) in [6.07, 6.45) is 1.46. The number of amides is 1. The Morgan fingerprint density at radius 3 is 2.48 bits per heavy atom. The zero-order chi connectivity index (χ0) is 20.0. The summed E-state index contributed by atoms with van der Waals surface area (Å²) in [6, 6.07) is -0.300. The first-order chi connectivity index (χ1) is 12.6. The van der Waals surface area contributed by atoms with Gasteiger partial charge in [0.05, 0.1) is 18.1 Å². The maximum absolute atomic E-state index is 12.7. The van der Waals surface area contributed by atoms with Crippen LogP contribution in [0.5, 0.6) is 0 Å². The number of aromatic nitrogens is 6. The van der Waals surface area contributed by atoms with Crippen molar-refractivity contribution in [2.24, 2.45) is 21.1 Å². The van der Waals surface area contributed by atoms with Crippen molar-refractivity contribution in [2.45, 2.75) is 33.4 Å². The Kier molecular flexibility index (Phi) is 4.50. The van der Waals surface area contributed by atoms with E-state index in [0.29, 0.717) is 5.65 Å². The van der Waals surface area contributed by atoms with Gasteiger partial charge in [0, 0.05) is 32.4 Å². The molecule has 1 amide bonds. The first-order valence-corrected chi connectivity index (χ1v) is 8.53. The van der Waals surface area contributed by atoms with Gasteiger partial charge in [0.2, 0.25) is 5.91 Å². The molecule has 0 saturated carbocycles. The van der Waals surface area contributed by atoms with Crippen molar-refractivity contribution in [3.05, 3.63) is 44.1 Å². The predicted molar refractivity (Wildman–Crippen MR) is 99.5 cm³/mol. The van der Waals surface area contributed by atoms with Gasteiger partial charge in [-0.05, 0) is 20.8 Å². The Morgan fingerprint density at radius 2 is 1.89 bits per heavy atom. The predicted octanol–water partition coefficient (Wildman–Crippen LogP) is -0.339. The highest BCUT2D eigenvalue weighted by Crippen LogP contribution is 2.20. The summed E-state index contributed by atoms with van der Waals surface area (Å²) < 4.78 is 5.48. The topological polar surface area (TPSA) is 109 Å². The van der Waals surface area contributed by atoms with E-state index in [2.05, 4.69) is 15.4 Å². The zero-order valence-corrected chi connectivity index (χ0v) is 16.3. The van der Waals surface area contributed by atoms with Crippen molar-refractivity contribution in [1.82, 2.24) is 33.8 Å². The lowest BCUT2D eigenvalue weighted by molar-refractivity contribution is -0.122. The highest BCUT2D eigenvalue weighted by molar-refractivity contribution is 5.77. The van der Waals surface area contributed by atoms with Gasteiger partial charge in [-0.1, -0.05) is 0 Å². The largest absolute Gasteiger partial charge is 0.348 e. The van der Waals surface area contributed by atoms with Gasteiger partial charge in [0.15, 0.2) is 11.2 Å². The summed E-state index contributed by atoms with van der Waals surface area (Å²) in [5.74, 6) is -0.425. The molecule has 1 atom stereocenters. The molecule has 0 aliphatic rings. The van der Waals surface area contributed by atoms with Crippen molar-refractivity contribution in [2.75, 3.05) is 0 Å². The summed E-state index contributed by atoms with van der Waals surface area (Å²) in [5.41, 5.74) is 2.15. The van der Waals surface area contributed by atoms with E-state index in [1.54, 1.807) is 11.7 Å². The van der Waals surface area contributed by atoms with E-state index in [1.165, 1.54) is 22.5 Å². The molecule has 0 aromatic carbocycles. The highest BCUT2D eigenvalue weighted by atomic mass is 16.2. The van der Waals surface area contributed by atoms with Crippen LogP contribution in [0.15, 0.2) is 15.9 Å². The van der Waals surface area contributed by atoms with Gasteiger partial charge in [-0.25, -0.2) is 14.3 Å². The monoisotopic (exact) mass is 373 g/mol. The van der Waals surface area contributed by atoms with Crippen molar-refractivity contribution >= 4 is 17.1 Å². The molecule has 10 nitrogen and oxygen atoms in total. The molecular formula is C17H23N7O3. The van der Waals surface area contributed by atoms with E-state index in [0.717, 1.165) is 21.5 Å². The van der Waals surface area contributed by atoms with Gasteiger partial charge in [0.1, 0.15) is 6.54 Å². The molecule has 3 rings (SSSR count). The lowest BCUT2D eigenvalue weighted by atomic mass is 10.1. The Hall–Kier alpha value is -3.17. The second-order valence-corrected chi connectivity index (χ2v) is 6.76. The van der Waals surface area contributed by atoms with Crippen LogP contribution >= 0.6 is 0 Å². The van der Waals surface area contributed by atoms with Crippen LogP contribution in [0.1, 0.15) is 29.9 Å². The average molecular weight is 373 g/mol. The molecule has 0 radical (unpaired) electrons. The molecule has 10 heteroatoms. The summed E-state index contributed by atoms with van der Waals surface area (Å²) in [4.78, 5) is 41.8. The Bertz CT molecular complexity index is 1160. The third-order valence-electron chi connectivity index (χ3n) is 4.88. The SMILES string of the molecule is Cc1nn(C)c(C)c1C(C)NC(=O)Cn1c(=O)c2c(ncn2C)n(C)c1=O. The number of nitrogens with zero attached hydrogens (tertiary/aromatic N) is 6. The second kappa shape index (κ2) is 6.53. The molecule has 1 N–H and O–H groups in total. The molecule has 3 aromatic rings. The van der Waals surface area contributed by atoms with Crippen LogP contribution in [-0.4, -0.2) is 34.4 Å². The highest BCUT2D eigenvalue weighted by Gasteiger charge is 2.20. The maximum Gasteiger partial charge on any atom is 0.332 e. The van der Waals surface area contributed by atoms with Crippen LogP contribution in [0, 0.1) is 13.8 Å². The van der Waals surface area contributed by atoms with E-state index in [4.69, 9.17) is 0 Å². The minimum Gasteiger partial charge on any atom is -0.348 e. The molecule has 27 heavy (non-hydrogen) atoms. The van der Waals surface area contributed by atoms with Crippen molar-refractivity contribution in [3.63, 3.8) is 0 Å². The first kappa shape index (κ1) is 18.6. The lowest BCUT2D eigenvalue weighted by Gasteiger charge is -2.15. The normalized spacial score (nSPS) is 12.5. The van der Waals surface area contributed by atoms with E-state index in [1.807, 2.05) is 27.8 Å². The molecule has 0 bridgehead atoms. The molecule has 0 aliphatic heterocycles. The van der Waals surface area contributed by atoms with Crippen molar-refractivity contribution in [1.29, 1.82) is 0 Å². The van der Waals surface area contributed by atoms with E-state index in [-0.39, 0.29) is 18.1 Å². The van der Waals surface area contributed by atoms with E-state index < -0.39 is 17.2 Å². The summed E-state index contributed by atoms with van der Waals surface area (Å²) in [7, 11) is 5.03. The number of carbonyl (C=O) groups excluding carboxylic acids is 1. The molecule has 1 unspecified atom stereocenters. The molecule has 3 heterocycles. The molecular weight excluding hydrogens is 350 g/mol. The van der Waals surface area contributed by atoms with Crippen LogP contribution < -0.4 is 16.6 Å². The smallest absolute Gasteiger partial charge is 0.332 e. The number of nitrogens with one attached hydrogen (secondary N) is 1. The summed E-state index contributed by atoms with van der Waals surface area (Å²) in [5, 5.41) is 7.20. The average Bonchev–Trinajstić information content (AvgIpc) is 3.09. The van der Waals surface area contributed by atoms with Gasteiger partial charge in [-0.2, -0.15) is 5.10 Å². The van der Waals surface area contributed by atoms with Crippen LogP contribution in [0.2, 0.25) is 0 Å².